The summed E-state index contributed by atoms with van der Waals surface area (Å²) in [5.74, 6) is -0.758. The van der Waals surface area contributed by atoms with Crippen LogP contribution in [0.4, 0.5) is 0 Å². The lowest BCUT2D eigenvalue weighted by Gasteiger charge is -2.12. The largest absolute Gasteiger partial charge is 0.455 e. The number of esters is 1. The first-order valence-corrected chi connectivity index (χ1v) is 6.87. The third kappa shape index (κ3) is 4.83. The van der Waals surface area contributed by atoms with E-state index in [2.05, 4.69) is 6.58 Å². The van der Waals surface area contributed by atoms with Gasteiger partial charge in [-0.1, -0.05) is 12.1 Å². The molecule has 0 saturated heterocycles. The van der Waals surface area contributed by atoms with Crippen LogP contribution in [0.3, 0.4) is 0 Å². The smallest absolute Gasteiger partial charge is 0.335 e. The Balaban J connectivity index is 2.64. The van der Waals surface area contributed by atoms with Crippen LogP contribution in [0.1, 0.15) is 34.0 Å². The van der Waals surface area contributed by atoms with Crippen molar-refractivity contribution in [2.24, 2.45) is 0 Å². The van der Waals surface area contributed by atoms with E-state index in [9.17, 15) is 9.59 Å². The van der Waals surface area contributed by atoms with Crippen molar-refractivity contribution in [3.8, 4) is 0 Å². The van der Waals surface area contributed by atoms with Crippen LogP contribution in [-0.2, 0) is 14.3 Å². The van der Waals surface area contributed by atoms with E-state index in [4.69, 9.17) is 9.47 Å². The monoisotopic (exact) mass is 290 g/mol. The normalized spacial score (nSPS) is 11.8. The van der Waals surface area contributed by atoms with E-state index in [1.165, 1.54) is 0 Å². The Morgan fingerprint density at radius 3 is 2.43 bits per heavy atom. The molecular formula is C17H22O4. The fourth-order valence-corrected chi connectivity index (χ4v) is 1.87. The second kappa shape index (κ2) is 7.74. The van der Waals surface area contributed by atoms with Gasteiger partial charge >= 0.3 is 5.97 Å². The molecule has 0 fully saturated rings. The Kier molecular flexibility index (Phi) is 6.31. The number of carbonyl (C=O) groups excluding carboxylic acids is 2. The van der Waals surface area contributed by atoms with E-state index in [0.29, 0.717) is 5.56 Å². The van der Waals surface area contributed by atoms with Crippen LogP contribution in [0.5, 0.6) is 0 Å². The van der Waals surface area contributed by atoms with Crippen LogP contribution in [0.15, 0.2) is 24.8 Å². The molecule has 0 radical (unpaired) electrons. The Labute approximate surface area is 125 Å². The summed E-state index contributed by atoms with van der Waals surface area (Å²) in [6.45, 7) is 10.9. The lowest BCUT2D eigenvalue weighted by atomic mass is 9.98. The minimum absolute atomic E-state index is 0.208. The van der Waals surface area contributed by atoms with Crippen LogP contribution in [0, 0.1) is 20.8 Å². The zero-order chi connectivity index (χ0) is 16.0. The lowest BCUT2D eigenvalue weighted by Crippen LogP contribution is -2.26. The summed E-state index contributed by atoms with van der Waals surface area (Å²) in [5, 5.41) is 0. The molecule has 0 spiro atoms. The molecule has 1 aromatic carbocycles. The van der Waals surface area contributed by atoms with Crippen molar-refractivity contribution in [2.45, 2.75) is 33.8 Å². The van der Waals surface area contributed by atoms with Crippen molar-refractivity contribution < 1.29 is 19.1 Å². The second-order valence-electron chi connectivity index (χ2n) is 5.05. The summed E-state index contributed by atoms with van der Waals surface area (Å²) in [4.78, 5) is 23.8. The minimum atomic E-state index is -0.711. The number of hydrogen-bond acceptors (Lipinski definition) is 4. The van der Waals surface area contributed by atoms with Crippen molar-refractivity contribution >= 4 is 11.8 Å². The maximum absolute atomic E-state index is 12.1. The van der Waals surface area contributed by atoms with Gasteiger partial charge in [0.2, 0.25) is 5.78 Å². The van der Waals surface area contributed by atoms with Gasteiger partial charge in [-0.15, -0.1) is 6.58 Å². The van der Waals surface area contributed by atoms with E-state index in [0.717, 1.165) is 16.7 Å². The molecule has 1 rings (SSSR count). The highest BCUT2D eigenvalue weighted by atomic mass is 16.6. The van der Waals surface area contributed by atoms with Crippen LogP contribution < -0.4 is 0 Å². The quantitative estimate of drug-likeness (QED) is 0.440. The summed E-state index contributed by atoms with van der Waals surface area (Å²) < 4.78 is 10.1. The molecular weight excluding hydrogens is 268 g/mol. The van der Waals surface area contributed by atoms with Crippen molar-refractivity contribution in [1.29, 1.82) is 0 Å². The fraction of sp³-hybridized carbons (Fsp3) is 0.412. The molecule has 0 bridgehead atoms. The highest BCUT2D eigenvalue weighted by molar-refractivity contribution is 5.99. The van der Waals surface area contributed by atoms with Crippen LogP contribution >= 0.6 is 0 Å². The van der Waals surface area contributed by atoms with Gasteiger partial charge in [-0.3, -0.25) is 4.79 Å². The SMILES string of the molecule is C=CCOC(C)C(=O)OCC(=O)c1cc(C)c(C)cc1C. The maximum Gasteiger partial charge on any atom is 0.335 e. The molecule has 0 heterocycles. The summed E-state index contributed by atoms with van der Waals surface area (Å²) >= 11 is 0. The molecule has 1 unspecified atom stereocenters. The van der Waals surface area contributed by atoms with E-state index in [1.807, 2.05) is 32.9 Å². The van der Waals surface area contributed by atoms with Gasteiger partial charge in [0.15, 0.2) is 12.7 Å². The van der Waals surface area contributed by atoms with Crippen LogP contribution in [-0.4, -0.2) is 31.1 Å². The number of Topliss-reactive ketones (excluding diaryl/α,β-unsaturated/α-hetero) is 1. The first-order chi connectivity index (χ1) is 9.86. The summed E-state index contributed by atoms with van der Waals surface area (Å²) in [6, 6.07) is 3.79. The predicted octanol–water partition coefficient (Wildman–Crippen LogP) is 2.93. The Morgan fingerprint density at radius 1 is 1.19 bits per heavy atom. The first-order valence-electron chi connectivity index (χ1n) is 6.87. The molecule has 4 heteroatoms. The Morgan fingerprint density at radius 2 is 1.81 bits per heavy atom. The predicted molar refractivity (Wildman–Crippen MR) is 81.6 cm³/mol. The summed E-state index contributed by atoms with van der Waals surface area (Å²) in [7, 11) is 0. The number of hydrogen-bond donors (Lipinski definition) is 0. The topological polar surface area (TPSA) is 52.6 Å². The van der Waals surface area contributed by atoms with Gasteiger partial charge < -0.3 is 9.47 Å². The van der Waals surface area contributed by atoms with Gasteiger partial charge in [0, 0.05) is 5.56 Å². The molecule has 4 nitrogen and oxygen atoms in total. The van der Waals surface area contributed by atoms with Gasteiger partial charge in [-0.2, -0.15) is 0 Å². The molecule has 0 aliphatic carbocycles. The molecule has 0 amide bonds. The highest BCUT2D eigenvalue weighted by Crippen LogP contribution is 2.16. The number of carbonyl (C=O) groups is 2. The van der Waals surface area contributed by atoms with E-state index in [1.54, 1.807) is 13.0 Å². The van der Waals surface area contributed by atoms with Crippen molar-refractivity contribution in [2.75, 3.05) is 13.2 Å². The maximum atomic E-state index is 12.1. The molecule has 1 atom stereocenters. The van der Waals surface area contributed by atoms with Gasteiger partial charge in [0.25, 0.3) is 0 Å². The summed E-state index contributed by atoms with van der Waals surface area (Å²) in [5.41, 5.74) is 3.64. The molecule has 114 valence electrons. The van der Waals surface area contributed by atoms with Crippen LogP contribution in [0.2, 0.25) is 0 Å². The number of benzene rings is 1. The lowest BCUT2D eigenvalue weighted by molar-refractivity contribution is -0.154. The van der Waals surface area contributed by atoms with Gasteiger partial charge in [-0.25, -0.2) is 4.79 Å². The third-order valence-corrected chi connectivity index (χ3v) is 3.28. The van der Waals surface area contributed by atoms with Crippen molar-refractivity contribution in [3.63, 3.8) is 0 Å². The Bertz CT molecular complexity index is 546. The highest BCUT2D eigenvalue weighted by Gasteiger charge is 2.18. The minimum Gasteiger partial charge on any atom is -0.455 e. The summed E-state index contributed by atoms with van der Waals surface area (Å²) in [6.07, 6.45) is 0.838. The molecule has 0 aromatic heterocycles. The standard InChI is InChI=1S/C17H22O4/c1-6-7-20-14(5)17(19)21-10-16(18)15-9-12(3)11(2)8-13(15)4/h6,8-9,14H,1,7,10H2,2-5H3. The molecule has 0 N–H and O–H groups in total. The van der Waals surface area contributed by atoms with E-state index < -0.39 is 12.1 Å². The van der Waals surface area contributed by atoms with Crippen molar-refractivity contribution in [1.82, 2.24) is 0 Å². The number of rotatable bonds is 7. The van der Waals surface area contributed by atoms with Crippen LogP contribution in [0.25, 0.3) is 0 Å². The zero-order valence-electron chi connectivity index (χ0n) is 13.1. The first kappa shape index (κ1) is 17.1. The van der Waals surface area contributed by atoms with Crippen molar-refractivity contribution in [3.05, 3.63) is 47.0 Å². The average Bonchev–Trinajstić information content (AvgIpc) is 2.45. The van der Waals surface area contributed by atoms with Gasteiger partial charge in [-0.05, 0) is 50.5 Å². The molecule has 1 aromatic rings. The molecule has 21 heavy (non-hydrogen) atoms. The fourth-order valence-electron chi connectivity index (χ4n) is 1.87. The molecule has 0 aliphatic rings. The number of ketones is 1. The molecule has 0 aliphatic heterocycles. The van der Waals surface area contributed by atoms with Gasteiger partial charge in [0.1, 0.15) is 0 Å². The van der Waals surface area contributed by atoms with E-state index >= 15 is 0 Å². The van der Waals surface area contributed by atoms with Gasteiger partial charge in [0.05, 0.1) is 6.61 Å². The zero-order valence-corrected chi connectivity index (χ0v) is 13.1. The second-order valence-corrected chi connectivity index (χ2v) is 5.05. The third-order valence-electron chi connectivity index (χ3n) is 3.28. The average molecular weight is 290 g/mol. The van der Waals surface area contributed by atoms with E-state index in [-0.39, 0.29) is 19.0 Å². The number of ether oxygens (including phenoxy) is 2. The molecule has 0 saturated carbocycles. The number of aryl methyl sites for hydroxylation is 3. The Hall–Kier alpha value is -1.94.